The van der Waals surface area contributed by atoms with Gasteiger partial charge in [0, 0.05) is 24.2 Å². The molecule has 0 radical (unpaired) electrons. The van der Waals surface area contributed by atoms with Crippen LogP contribution in [0.5, 0.6) is 0 Å². The minimum atomic E-state index is -0.893. The Balaban J connectivity index is 1.68. The Morgan fingerprint density at radius 3 is 2.63 bits per heavy atom. The third-order valence-electron chi connectivity index (χ3n) is 5.98. The van der Waals surface area contributed by atoms with E-state index in [0.717, 1.165) is 24.8 Å². The number of nitrogens with zero attached hydrogens (tertiary/aromatic N) is 2. The zero-order valence-electron chi connectivity index (χ0n) is 17.5. The van der Waals surface area contributed by atoms with E-state index in [1.54, 1.807) is 6.07 Å². The first-order valence-corrected chi connectivity index (χ1v) is 10.4. The van der Waals surface area contributed by atoms with Crippen molar-refractivity contribution in [3.05, 3.63) is 45.7 Å². The van der Waals surface area contributed by atoms with Crippen LogP contribution in [0, 0.1) is 6.92 Å². The lowest BCUT2D eigenvalue weighted by Crippen LogP contribution is -2.46. The van der Waals surface area contributed by atoms with E-state index in [4.69, 9.17) is 0 Å². The van der Waals surface area contributed by atoms with E-state index >= 15 is 0 Å². The topological polar surface area (TPSA) is 107 Å². The van der Waals surface area contributed by atoms with Crippen molar-refractivity contribution in [2.75, 3.05) is 15.5 Å². The van der Waals surface area contributed by atoms with Crippen LogP contribution in [-0.2, 0) is 9.59 Å². The van der Waals surface area contributed by atoms with Gasteiger partial charge in [-0.15, -0.1) is 0 Å². The van der Waals surface area contributed by atoms with Crippen molar-refractivity contribution >= 4 is 29.3 Å². The summed E-state index contributed by atoms with van der Waals surface area (Å²) in [6.45, 7) is 6.13. The Bertz CT molecular complexity index is 1040. The van der Waals surface area contributed by atoms with Crippen molar-refractivity contribution in [1.82, 2.24) is 9.97 Å². The first-order chi connectivity index (χ1) is 14.3. The van der Waals surface area contributed by atoms with E-state index < -0.39 is 11.8 Å². The molecule has 30 heavy (non-hydrogen) atoms. The van der Waals surface area contributed by atoms with Crippen molar-refractivity contribution in [2.24, 2.45) is 0 Å². The predicted molar refractivity (Wildman–Crippen MR) is 116 cm³/mol. The average Bonchev–Trinajstić information content (AvgIpc) is 2.67. The first kappa shape index (κ1) is 20.1. The molecule has 2 aromatic rings. The van der Waals surface area contributed by atoms with Gasteiger partial charge in [0.05, 0.1) is 11.5 Å². The van der Waals surface area contributed by atoms with Gasteiger partial charge >= 0.3 is 0 Å². The lowest BCUT2D eigenvalue weighted by molar-refractivity contribution is -0.123. The van der Waals surface area contributed by atoms with Crippen molar-refractivity contribution in [1.29, 1.82) is 0 Å². The van der Waals surface area contributed by atoms with Gasteiger partial charge in [0.1, 0.15) is 5.82 Å². The minimum Gasteiger partial charge on any atom is -0.337 e. The molecule has 0 unspecified atom stereocenters. The van der Waals surface area contributed by atoms with Gasteiger partial charge in [0.2, 0.25) is 17.8 Å². The summed E-state index contributed by atoms with van der Waals surface area (Å²) in [5.41, 5.74) is 1.46. The normalized spacial score (nSPS) is 23.5. The van der Waals surface area contributed by atoms with E-state index in [1.165, 1.54) is 0 Å². The van der Waals surface area contributed by atoms with Crippen LogP contribution in [0.3, 0.4) is 0 Å². The van der Waals surface area contributed by atoms with Gasteiger partial charge < -0.3 is 15.5 Å². The molecule has 1 fully saturated rings. The van der Waals surface area contributed by atoms with Gasteiger partial charge in [-0.3, -0.25) is 19.4 Å². The molecule has 8 heteroatoms. The number of aromatic amines is 1. The number of amides is 2. The lowest BCUT2D eigenvalue weighted by Gasteiger charge is -2.39. The highest BCUT2D eigenvalue weighted by molar-refractivity contribution is 6.04. The molecule has 0 aliphatic carbocycles. The number of hydrogen-bond acceptors (Lipinski definition) is 5. The molecule has 1 aromatic heterocycles. The van der Waals surface area contributed by atoms with Crippen molar-refractivity contribution < 1.29 is 9.59 Å². The number of piperidine rings is 1. The fraction of sp³-hybridized carbons (Fsp3) is 0.455. The Hall–Kier alpha value is -3.16. The quantitative estimate of drug-likeness (QED) is 0.723. The van der Waals surface area contributed by atoms with E-state index in [-0.39, 0.29) is 41.4 Å². The Kier molecular flexibility index (Phi) is 5.32. The van der Waals surface area contributed by atoms with E-state index in [2.05, 4.69) is 39.3 Å². The van der Waals surface area contributed by atoms with E-state index in [1.807, 2.05) is 25.1 Å². The van der Waals surface area contributed by atoms with Gasteiger partial charge in [0.25, 0.3) is 5.56 Å². The summed E-state index contributed by atoms with van der Waals surface area (Å²) in [7, 11) is 0. The summed E-state index contributed by atoms with van der Waals surface area (Å²) in [5.74, 6) is -0.985. The molecule has 2 amide bonds. The first-order valence-electron chi connectivity index (χ1n) is 10.4. The number of fused-ring (bicyclic) bond motifs is 1. The van der Waals surface area contributed by atoms with Crippen LogP contribution in [0.15, 0.2) is 29.1 Å². The number of aryl methyl sites for hydroxylation is 1. The number of benzene rings is 1. The fourth-order valence-electron chi connectivity index (χ4n) is 4.50. The number of H-pyrrole nitrogens is 1. The van der Waals surface area contributed by atoms with Crippen LogP contribution in [0.4, 0.5) is 17.5 Å². The molecule has 158 valence electrons. The highest BCUT2D eigenvalue weighted by atomic mass is 16.2. The Labute approximate surface area is 175 Å². The van der Waals surface area contributed by atoms with Gasteiger partial charge in [-0.1, -0.05) is 12.1 Å². The molecule has 1 aromatic carbocycles. The molecule has 8 nitrogen and oxygen atoms in total. The standard InChI is InChI=1S/C22H27N5O3/c1-12-6-4-9-15(10-12)23-20(29)16-11-17(28)24-19-18(16)21(30)26-22(25-19)27-13(2)7-5-8-14(27)3/h4,6,9-10,13-14,16H,5,7-8,11H2,1-3H3,(H,23,29)(H2,24,25,26,28,30)/t13-,14-,16-/m1/s1. The number of hydrogen-bond donors (Lipinski definition) is 3. The van der Waals surface area contributed by atoms with Crippen LogP contribution < -0.4 is 21.1 Å². The van der Waals surface area contributed by atoms with Crippen LogP contribution in [0.2, 0.25) is 0 Å². The average molecular weight is 409 g/mol. The highest BCUT2D eigenvalue weighted by Crippen LogP contribution is 2.32. The predicted octanol–water partition coefficient (Wildman–Crippen LogP) is 2.91. The van der Waals surface area contributed by atoms with Crippen molar-refractivity contribution in [3.63, 3.8) is 0 Å². The largest absolute Gasteiger partial charge is 0.337 e. The number of nitrogens with one attached hydrogen (secondary N) is 3. The molecule has 2 aliphatic heterocycles. The summed E-state index contributed by atoms with van der Waals surface area (Å²) in [5, 5.41) is 5.51. The third kappa shape index (κ3) is 3.81. The molecule has 3 N–H and O–H groups in total. The molecule has 4 rings (SSSR count). The second-order valence-corrected chi connectivity index (χ2v) is 8.35. The Morgan fingerprint density at radius 2 is 1.93 bits per heavy atom. The number of aromatic nitrogens is 2. The van der Waals surface area contributed by atoms with Gasteiger partial charge in [-0.2, -0.15) is 4.98 Å². The smallest absolute Gasteiger partial charge is 0.258 e. The van der Waals surface area contributed by atoms with E-state index in [0.29, 0.717) is 11.6 Å². The molecule has 0 spiro atoms. The van der Waals surface area contributed by atoms with Crippen LogP contribution in [0.25, 0.3) is 0 Å². The third-order valence-corrected chi connectivity index (χ3v) is 5.98. The Morgan fingerprint density at radius 1 is 1.20 bits per heavy atom. The van der Waals surface area contributed by atoms with Crippen LogP contribution in [0.1, 0.15) is 56.6 Å². The molecule has 3 atom stereocenters. The van der Waals surface area contributed by atoms with E-state index in [9.17, 15) is 14.4 Å². The molecular weight excluding hydrogens is 382 g/mol. The number of anilines is 3. The second kappa shape index (κ2) is 7.93. The maximum atomic E-state index is 13.0. The maximum absolute atomic E-state index is 13.0. The summed E-state index contributed by atoms with van der Waals surface area (Å²) in [4.78, 5) is 47.8. The summed E-state index contributed by atoms with van der Waals surface area (Å²) in [6, 6.07) is 7.85. The zero-order chi connectivity index (χ0) is 21.4. The molecule has 0 saturated carbocycles. The highest BCUT2D eigenvalue weighted by Gasteiger charge is 2.36. The molecule has 2 aliphatic rings. The van der Waals surface area contributed by atoms with Crippen LogP contribution >= 0.6 is 0 Å². The monoisotopic (exact) mass is 409 g/mol. The molecule has 0 bridgehead atoms. The molecule has 3 heterocycles. The van der Waals surface area contributed by atoms with Gasteiger partial charge in [0.15, 0.2) is 0 Å². The van der Waals surface area contributed by atoms with Crippen molar-refractivity contribution in [2.45, 2.75) is 64.5 Å². The molecular formula is C22H27N5O3. The van der Waals surface area contributed by atoms with Gasteiger partial charge in [-0.25, -0.2) is 0 Å². The molecule has 1 saturated heterocycles. The number of rotatable bonds is 3. The summed E-state index contributed by atoms with van der Waals surface area (Å²) >= 11 is 0. The SMILES string of the molecule is Cc1cccc(NC(=O)[C@@H]2CC(=O)Nc3nc(N4[C@H](C)CCC[C@H]4C)[nH]c(=O)c32)c1. The number of carbonyl (C=O) groups is 2. The fourth-order valence-corrected chi connectivity index (χ4v) is 4.50. The zero-order valence-corrected chi connectivity index (χ0v) is 17.5. The lowest BCUT2D eigenvalue weighted by atomic mass is 9.92. The van der Waals surface area contributed by atoms with Gasteiger partial charge in [-0.05, 0) is 57.7 Å². The second-order valence-electron chi connectivity index (χ2n) is 8.35. The maximum Gasteiger partial charge on any atom is 0.258 e. The van der Waals surface area contributed by atoms with Crippen molar-refractivity contribution in [3.8, 4) is 0 Å². The number of carbonyl (C=O) groups excluding carboxylic acids is 2. The minimum absolute atomic E-state index is 0.0920. The van der Waals surface area contributed by atoms with Crippen LogP contribution in [-0.4, -0.2) is 33.9 Å². The summed E-state index contributed by atoms with van der Waals surface area (Å²) < 4.78 is 0. The summed E-state index contributed by atoms with van der Waals surface area (Å²) in [6.07, 6.45) is 3.06.